The van der Waals surface area contributed by atoms with Crippen molar-refractivity contribution < 1.29 is 9.47 Å². The highest BCUT2D eigenvalue weighted by Gasteiger charge is 2.22. The van der Waals surface area contributed by atoms with Gasteiger partial charge in [-0.2, -0.15) is 4.98 Å². The minimum atomic E-state index is 0.453. The molecule has 1 aromatic carbocycles. The third kappa shape index (κ3) is 4.25. The molecule has 1 saturated carbocycles. The first-order chi connectivity index (χ1) is 13.2. The van der Waals surface area contributed by atoms with Gasteiger partial charge in [0.25, 0.3) is 0 Å². The van der Waals surface area contributed by atoms with Crippen LogP contribution in [0.2, 0.25) is 0 Å². The SMILES string of the molecule is COc1cc(Nc2cc(-c3ccccn3)nc(NC3CC3)n2)cc(OC)c1. The van der Waals surface area contributed by atoms with Crippen LogP contribution in [0.1, 0.15) is 12.8 Å². The van der Waals surface area contributed by atoms with Crippen molar-refractivity contribution in [1.29, 1.82) is 0 Å². The molecule has 0 amide bonds. The third-order valence-corrected chi connectivity index (χ3v) is 4.19. The van der Waals surface area contributed by atoms with Crippen LogP contribution in [0, 0.1) is 0 Å². The average Bonchev–Trinajstić information content (AvgIpc) is 3.52. The van der Waals surface area contributed by atoms with Crippen LogP contribution >= 0.6 is 0 Å². The molecule has 1 aliphatic rings. The Morgan fingerprint density at radius 1 is 0.926 bits per heavy atom. The minimum Gasteiger partial charge on any atom is -0.497 e. The van der Waals surface area contributed by atoms with Crippen LogP contribution in [0.3, 0.4) is 0 Å². The summed E-state index contributed by atoms with van der Waals surface area (Å²) in [6, 6.07) is 13.7. The lowest BCUT2D eigenvalue weighted by Gasteiger charge is -2.12. The van der Waals surface area contributed by atoms with E-state index in [-0.39, 0.29) is 0 Å². The van der Waals surface area contributed by atoms with E-state index >= 15 is 0 Å². The maximum atomic E-state index is 5.34. The molecule has 0 atom stereocenters. The molecule has 1 aliphatic carbocycles. The highest BCUT2D eigenvalue weighted by molar-refractivity contribution is 5.67. The van der Waals surface area contributed by atoms with Crippen molar-refractivity contribution in [1.82, 2.24) is 15.0 Å². The van der Waals surface area contributed by atoms with Gasteiger partial charge in [0.2, 0.25) is 5.95 Å². The summed E-state index contributed by atoms with van der Waals surface area (Å²) in [5, 5.41) is 6.68. The Morgan fingerprint density at radius 3 is 2.33 bits per heavy atom. The van der Waals surface area contributed by atoms with E-state index in [4.69, 9.17) is 9.47 Å². The topological polar surface area (TPSA) is 81.2 Å². The molecule has 7 heteroatoms. The van der Waals surface area contributed by atoms with Gasteiger partial charge >= 0.3 is 0 Å². The molecule has 3 aromatic rings. The first-order valence-corrected chi connectivity index (χ1v) is 8.80. The summed E-state index contributed by atoms with van der Waals surface area (Å²) in [6.07, 6.45) is 4.05. The van der Waals surface area contributed by atoms with E-state index in [1.807, 2.05) is 42.5 Å². The fourth-order valence-electron chi connectivity index (χ4n) is 2.66. The summed E-state index contributed by atoms with van der Waals surface area (Å²) in [5.41, 5.74) is 2.37. The van der Waals surface area contributed by atoms with Crippen LogP contribution in [0.4, 0.5) is 17.5 Å². The number of hydrogen-bond acceptors (Lipinski definition) is 7. The second kappa shape index (κ2) is 7.49. The van der Waals surface area contributed by atoms with E-state index in [1.54, 1.807) is 20.4 Å². The van der Waals surface area contributed by atoms with E-state index in [0.717, 1.165) is 29.9 Å². The predicted octanol–water partition coefficient (Wildman–Crippen LogP) is 3.87. The predicted molar refractivity (Wildman–Crippen MR) is 105 cm³/mol. The van der Waals surface area contributed by atoms with E-state index < -0.39 is 0 Å². The standard InChI is InChI=1S/C20H21N5O2/c1-26-15-9-14(10-16(11-15)27-2)22-19-12-18(17-5-3-4-8-21-17)24-20(25-19)23-13-6-7-13/h3-5,8-13H,6-7H2,1-2H3,(H2,22,23,24,25). The Labute approximate surface area is 157 Å². The second-order valence-electron chi connectivity index (χ2n) is 6.32. The number of methoxy groups -OCH3 is 2. The van der Waals surface area contributed by atoms with Crippen LogP contribution in [-0.2, 0) is 0 Å². The van der Waals surface area contributed by atoms with Gasteiger partial charge in [-0.25, -0.2) is 4.98 Å². The summed E-state index contributed by atoms with van der Waals surface area (Å²) in [5.74, 6) is 2.67. The number of pyridine rings is 1. The Morgan fingerprint density at radius 2 is 1.70 bits per heavy atom. The quantitative estimate of drug-likeness (QED) is 0.659. The largest absolute Gasteiger partial charge is 0.497 e. The Kier molecular flexibility index (Phi) is 4.74. The van der Waals surface area contributed by atoms with Gasteiger partial charge in [-0.3, -0.25) is 4.98 Å². The first-order valence-electron chi connectivity index (χ1n) is 8.80. The monoisotopic (exact) mass is 363 g/mol. The molecule has 27 heavy (non-hydrogen) atoms. The molecule has 0 aliphatic heterocycles. The molecule has 0 spiro atoms. The molecular formula is C20H21N5O2. The smallest absolute Gasteiger partial charge is 0.225 e. The molecule has 2 heterocycles. The van der Waals surface area contributed by atoms with Crippen molar-refractivity contribution in [3.05, 3.63) is 48.7 Å². The number of hydrogen-bond donors (Lipinski definition) is 2. The number of anilines is 3. The molecular weight excluding hydrogens is 342 g/mol. The van der Waals surface area contributed by atoms with Crippen molar-refractivity contribution in [3.8, 4) is 22.9 Å². The molecule has 0 radical (unpaired) electrons. The first kappa shape index (κ1) is 17.1. The van der Waals surface area contributed by atoms with Crippen LogP contribution in [0.15, 0.2) is 48.7 Å². The van der Waals surface area contributed by atoms with E-state index in [0.29, 0.717) is 29.3 Å². The van der Waals surface area contributed by atoms with Gasteiger partial charge in [0, 0.05) is 42.2 Å². The molecule has 1 fully saturated rings. The molecule has 0 unspecified atom stereocenters. The molecule has 0 bridgehead atoms. The molecule has 4 rings (SSSR count). The number of rotatable bonds is 7. The number of nitrogens with one attached hydrogen (secondary N) is 2. The summed E-state index contributed by atoms with van der Waals surface area (Å²) in [7, 11) is 3.25. The maximum Gasteiger partial charge on any atom is 0.225 e. The van der Waals surface area contributed by atoms with Crippen molar-refractivity contribution in [2.45, 2.75) is 18.9 Å². The van der Waals surface area contributed by atoms with Gasteiger partial charge < -0.3 is 20.1 Å². The van der Waals surface area contributed by atoms with Crippen molar-refractivity contribution in [2.24, 2.45) is 0 Å². The molecule has 0 saturated heterocycles. The van der Waals surface area contributed by atoms with E-state index in [2.05, 4.69) is 25.6 Å². The lowest BCUT2D eigenvalue weighted by Crippen LogP contribution is -2.08. The van der Waals surface area contributed by atoms with E-state index in [1.165, 1.54) is 0 Å². The van der Waals surface area contributed by atoms with Crippen molar-refractivity contribution in [2.75, 3.05) is 24.9 Å². The number of nitrogens with zero attached hydrogens (tertiary/aromatic N) is 3. The maximum absolute atomic E-state index is 5.34. The van der Waals surface area contributed by atoms with Gasteiger partial charge in [-0.1, -0.05) is 6.07 Å². The number of benzene rings is 1. The fraction of sp³-hybridized carbons (Fsp3) is 0.250. The Balaban J connectivity index is 1.69. The van der Waals surface area contributed by atoms with Crippen molar-refractivity contribution >= 4 is 17.5 Å². The van der Waals surface area contributed by atoms with Gasteiger partial charge in [0.15, 0.2) is 0 Å². The zero-order chi connectivity index (χ0) is 18.6. The van der Waals surface area contributed by atoms with Gasteiger partial charge in [0.1, 0.15) is 17.3 Å². The zero-order valence-electron chi connectivity index (χ0n) is 15.3. The number of aromatic nitrogens is 3. The molecule has 2 aromatic heterocycles. The van der Waals surface area contributed by atoms with Gasteiger partial charge in [0.05, 0.1) is 25.6 Å². The normalized spacial score (nSPS) is 13.1. The summed E-state index contributed by atoms with van der Waals surface area (Å²) >= 11 is 0. The Bertz CT molecular complexity index is 907. The summed E-state index contributed by atoms with van der Waals surface area (Å²) < 4.78 is 10.7. The highest BCUT2D eigenvalue weighted by Crippen LogP contribution is 2.30. The lowest BCUT2D eigenvalue weighted by atomic mass is 10.2. The average molecular weight is 363 g/mol. The zero-order valence-corrected chi connectivity index (χ0v) is 15.3. The lowest BCUT2D eigenvalue weighted by molar-refractivity contribution is 0.395. The van der Waals surface area contributed by atoms with E-state index in [9.17, 15) is 0 Å². The second-order valence-corrected chi connectivity index (χ2v) is 6.32. The summed E-state index contributed by atoms with van der Waals surface area (Å²) in [6.45, 7) is 0. The summed E-state index contributed by atoms with van der Waals surface area (Å²) in [4.78, 5) is 13.6. The van der Waals surface area contributed by atoms with Crippen LogP contribution in [0.5, 0.6) is 11.5 Å². The van der Waals surface area contributed by atoms with Crippen LogP contribution in [0.25, 0.3) is 11.4 Å². The highest BCUT2D eigenvalue weighted by atomic mass is 16.5. The Hall–Kier alpha value is -3.35. The van der Waals surface area contributed by atoms with Gasteiger partial charge in [-0.05, 0) is 25.0 Å². The fourth-order valence-corrected chi connectivity index (χ4v) is 2.66. The van der Waals surface area contributed by atoms with Gasteiger partial charge in [-0.15, -0.1) is 0 Å². The van der Waals surface area contributed by atoms with Crippen molar-refractivity contribution in [3.63, 3.8) is 0 Å². The molecule has 7 nitrogen and oxygen atoms in total. The molecule has 2 N–H and O–H groups in total. The third-order valence-electron chi connectivity index (χ3n) is 4.19. The van der Waals surface area contributed by atoms with Crippen LogP contribution in [-0.4, -0.2) is 35.2 Å². The number of ether oxygens (including phenoxy) is 2. The minimum absolute atomic E-state index is 0.453. The molecule has 138 valence electrons. The van der Waals surface area contributed by atoms with Crippen LogP contribution < -0.4 is 20.1 Å².